The molecule has 0 aliphatic heterocycles. The van der Waals surface area contributed by atoms with Gasteiger partial charge in [-0.2, -0.15) is 0 Å². The highest BCUT2D eigenvalue weighted by Gasteiger charge is 2.21. The first kappa shape index (κ1) is 11.3. The van der Waals surface area contributed by atoms with E-state index in [1.54, 1.807) is 20.8 Å². The summed E-state index contributed by atoms with van der Waals surface area (Å²) in [6, 6.07) is 1.53. The Morgan fingerprint density at radius 1 is 1.40 bits per heavy atom. The Morgan fingerprint density at radius 2 is 2.00 bits per heavy atom. The van der Waals surface area contributed by atoms with Crippen molar-refractivity contribution in [1.29, 1.82) is 0 Å². The number of carbonyl (C=O) groups excluding carboxylic acids is 1. The topological polar surface area (TPSA) is 91.2 Å². The summed E-state index contributed by atoms with van der Waals surface area (Å²) in [4.78, 5) is 15.5. The molecule has 5 heteroatoms. The quantitative estimate of drug-likeness (QED) is 0.678. The van der Waals surface area contributed by atoms with E-state index in [-0.39, 0.29) is 11.4 Å². The van der Waals surface area contributed by atoms with Crippen molar-refractivity contribution in [2.45, 2.75) is 26.4 Å². The zero-order valence-corrected chi connectivity index (χ0v) is 9.07. The van der Waals surface area contributed by atoms with Crippen LogP contribution in [0.15, 0.2) is 12.3 Å². The minimum absolute atomic E-state index is 0.0601. The van der Waals surface area contributed by atoms with Crippen molar-refractivity contribution in [3.05, 3.63) is 18.0 Å². The zero-order valence-electron chi connectivity index (χ0n) is 9.07. The molecule has 0 saturated carbocycles. The Bertz CT molecular complexity index is 383. The molecule has 0 aliphatic rings. The second-order valence-electron chi connectivity index (χ2n) is 4.16. The van der Waals surface area contributed by atoms with E-state index in [0.29, 0.717) is 5.69 Å². The third-order valence-corrected chi connectivity index (χ3v) is 1.62. The van der Waals surface area contributed by atoms with Gasteiger partial charge in [-0.05, 0) is 26.8 Å². The molecule has 1 heterocycles. The number of rotatable bonds is 1. The van der Waals surface area contributed by atoms with E-state index in [1.165, 1.54) is 12.3 Å². The third kappa shape index (κ3) is 2.83. The minimum Gasteiger partial charge on any atom is -0.455 e. The number of nitrogen functional groups attached to an aromatic ring is 2. The first-order chi connectivity index (χ1) is 6.81. The monoisotopic (exact) mass is 209 g/mol. The van der Waals surface area contributed by atoms with Gasteiger partial charge in [-0.1, -0.05) is 0 Å². The molecule has 1 rings (SSSR count). The van der Waals surface area contributed by atoms with Crippen molar-refractivity contribution in [3.8, 4) is 0 Å². The minimum atomic E-state index is -0.574. The van der Waals surface area contributed by atoms with Crippen LogP contribution in [0.2, 0.25) is 0 Å². The summed E-state index contributed by atoms with van der Waals surface area (Å²) in [6.45, 7) is 5.31. The smallest absolute Gasteiger partial charge is 0.359 e. The molecule has 0 fully saturated rings. The summed E-state index contributed by atoms with van der Waals surface area (Å²) in [5, 5.41) is 0. The van der Waals surface area contributed by atoms with Crippen LogP contribution in [-0.2, 0) is 4.74 Å². The first-order valence-corrected chi connectivity index (χ1v) is 4.54. The van der Waals surface area contributed by atoms with E-state index in [2.05, 4.69) is 4.98 Å². The van der Waals surface area contributed by atoms with E-state index in [4.69, 9.17) is 16.2 Å². The second-order valence-corrected chi connectivity index (χ2v) is 4.16. The molecule has 0 spiro atoms. The molecule has 5 nitrogen and oxygen atoms in total. The number of hydrogen-bond donors (Lipinski definition) is 2. The maximum Gasteiger partial charge on any atom is 0.359 e. The second kappa shape index (κ2) is 3.76. The van der Waals surface area contributed by atoms with Crippen molar-refractivity contribution in [2.24, 2.45) is 0 Å². The molecule has 0 aliphatic carbocycles. The van der Waals surface area contributed by atoms with Crippen LogP contribution in [0.5, 0.6) is 0 Å². The molecule has 4 N–H and O–H groups in total. The van der Waals surface area contributed by atoms with E-state index < -0.39 is 11.6 Å². The fourth-order valence-corrected chi connectivity index (χ4v) is 0.977. The molecule has 1 aromatic rings. The van der Waals surface area contributed by atoms with Gasteiger partial charge in [0.25, 0.3) is 0 Å². The molecule has 0 saturated heterocycles. The standard InChI is InChI=1S/C10H15N3O2/c1-10(2,3)15-9(14)8-7(12)6(11)4-5-13-8/h4-5H,12H2,1-3H3,(H2,11,13). The summed E-state index contributed by atoms with van der Waals surface area (Å²) in [5.41, 5.74) is 11.1. The van der Waals surface area contributed by atoms with Crippen molar-refractivity contribution in [1.82, 2.24) is 4.98 Å². The number of pyridine rings is 1. The van der Waals surface area contributed by atoms with Crippen molar-refractivity contribution in [3.63, 3.8) is 0 Å². The summed E-state index contributed by atoms with van der Waals surface area (Å²) in [7, 11) is 0. The van der Waals surface area contributed by atoms with Crippen LogP contribution >= 0.6 is 0 Å². The molecule has 0 radical (unpaired) electrons. The fraction of sp³-hybridized carbons (Fsp3) is 0.400. The number of nitrogens with zero attached hydrogens (tertiary/aromatic N) is 1. The largest absolute Gasteiger partial charge is 0.455 e. The lowest BCUT2D eigenvalue weighted by Crippen LogP contribution is -2.25. The SMILES string of the molecule is CC(C)(C)OC(=O)c1nccc(N)c1N. The van der Waals surface area contributed by atoms with E-state index in [0.717, 1.165) is 0 Å². The third-order valence-electron chi connectivity index (χ3n) is 1.62. The summed E-state index contributed by atoms with van der Waals surface area (Å²) < 4.78 is 5.12. The molecule has 0 unspecified atom stereocenters. The van der Waals surface area contributed by atoms with Crippen molar-refractivity contribution >= 4 is 17.3 Å². The van der Waals surface area contributed by atoms with Crippen LogP contribution in [0.25, 0.3) is 0 Å². The van der Waals surface area contributed by atoms with Gasteiger partial charge in [0, 0.05) is 6.20 Å². The Morgan fingerprint density at radius 3 is 2.53 bits per heavy atom. The van der Waals surface area contributed by atoms with Gasteiger partial charge in [-0.25, -0.2) is 9.78 Å². The predicted octanol–water partition coefficient (Wildman–Crippen LogP) is 1.20. The summed E-state index contributed by atoms with van der Waals surface area (Å²) in [6.07, 6.45) is 1.42. The highest BCUT2D eigenvalue weighted by molar-refractivity contribution is 5.95. The number of hydrogen-bond acceptors (Lipinski definition) is 5. The number of carbonyl (C=O) groups is 1. The number of anilines is 2. The average molecular weight is 209 g/mol. The van der Waals surface area contributed by atoms with E-state index in [9.17, 15) is 4.79 Å². The Labute approximate surface area is 88.4 Å². The lowest BCUT2D eigenvalue weighted by Gasteiger charge is -2.19. The molecule has 0 bridgehead atoms. The normalized spacial score (nSPS) is 11.1. The van der Waals surface area contributed by atoms with Crippen molar-refractivity contribution in [2.75, 3.05) is 11.5 Å². The maximum atomic E-state index is 11.6. The highest BCUT2D eigenvalue weighted by atomic mass is 16.6. The summed E-state index contributed by atoms with van der Waals surface area (Å²) in [5.74, 6) is -0.563. The first-order valence-electron chi connectivity index (χ1n) is 4.54. The molecule has 0 aromatic carbocycles. The molecule has 82 valence electrons. The van der Waals surface area contributed by atoms with Gasteiger partial charge in [-0.3, -0.25) is 0 Å². The van der Waals surface area contributed by atoms with Crippen LogP contribution in [0.1, 0.15) is 31.3 Å². The molecule has 15 heavy (non-hydrogen) atoms. The van der Waals surface area contributed by atoms with Gasteiger partial charge in [0.1, 0.15) is 5.60 Å². The lowest BCUT2D eigenvalue weighted by atomic mass is 10.2. The maximum absolute atomic E-state index is 11.6. The number of nitrogens with two attached hydrogens (primary N) is 2. The Hall–Kier alpha value is -1.78. The molecular weight excluding hydrogens is 194 g/mol. The number of aromatic nitrogens is 1. The highest BCUT2D eigenvalue weighted by Crippen LogP contribution is 2.19. The molecule has 1 aromatic heterocycles. The Kier molecular flexibility index (Phi) is 2.83. The van der Waals surface area contributed by atoms with E-state index >= 15 is 0 Å². The fourth-order valence-electron chi connectivity index (χ4n) is 0.977. The van der Waals surface area contributed by atoms with Crippen molar-refractivity contribution < 1.29 is 9.53 Å². The van der Waals surface area contributed by atoms with Gasteiger partial charge in [0.05, 0.1) is 11.4 Å². The van der Waals surface area contributed by atoms with Crippen LogP contribution < -0.4 is 11.5 Å². The molecule has 0 amide bonds. The van der Waals surface area contributed by atoms with Gasteiger partial charge in [0.15, 0.2) is 5.69 Å². The molecule has 0 atom stereocenters. The van der Waals surface area contributed by atoms with Gasteiger partial charge < -0.3 is 16.2 Å². The molecular formula is C10H15N3O2. The van der Waals surface area contributed by atoms with Gasteiger partial charge >= 0.3 is 5.97 Å². The predicted molar refractivity (Wildman–Crippen MR) is 58.2 cm³/mol. The number of ether oxygens (including phenoxy) is 1. The van der Waals surface area contributed by atoms with Crippen LogP contribution in [0, 0.1) is 0 Å². The number of esters is 1. The van der Waals surface area contributed by atoms with E-state index in [1.807, 2.05) is 0 Å². The van der Waals surface area contributed by atoms with Crippen LogP contribution in [-0.4, -0.2) is 16.6 Å². The van der Waals surface area contributed by atoms with Crippen LogP contribution in [0.4, 0.5) is 11.4 Å². The Balaban J connectivity index is 2.97. The average Bonchev–Trinajstić information content (AvgIpc) is 2.06. The lowest BCUT2D eigenvalue weighted by molar-refractivity contribution is 0.00643. The van der Waals surface area contributed by atoms with Gasteiger partial charge in [-0.15, -0.1) is 0 Å². The zero-order chi connectivity index (χ0) is 11.6. The summed E-state index contributed by atoms with van der Waals surface area (Å²) >= 11 is 0. The van der Waals surface area contributed by atoms with Crippen LogP contribution in [0.3, 0.4) is 0 Å². The van der Waals surface area contributed by atoms with Gasteiger partial charge in [0.2, 0.25) is 0 Å².